The molecule has 2 atom stereocenters. The van der Waals surface area contributed by atoms with Gasteiger partial charge in [-0.2, -0.15) is 13.2 Å². The standard InChI is InChI=1S/C26H35F3N4O3/c1-6-32-20-14-33(19(13-16(4)5)23(34)30-12-11-15(2)3)24(35)21(20)22(31-25(32)36)17-9-7-8-10-18(17)26(27,28)29/h7-10,15-16,19,22H,6,11-14H2,1-5H3,(H,30,34)(H,31,36)/t19-,22+/m0/s1. The summed E-state index contributed by atoms with van der Waals surface area (Å²) in [4.78, 5) is 42.6. The molecule has 10 heteroatoms. The zero-order valence-corrected chi connectivity index (χ0v) is 21.4. The van der Waals surface area contributed by atoms with Crippen LogP contribution in [0.25, 0.3) is 0 Å². The van der Waals surface area contributed by atoms with Gasteiger partial charge in [-0.3, -0.25) is 14.5 Å². The maximum atomic E-state index is 13.8. The molecule has 1 aromatic carbocycles. The molecule has 0 saturated carbocycles. The van der Waals surface area contributed by atoms with Crippen molar-refractivity contribution >= 4 is 17.8 Å². The number of hydrogen-bond acceptors (Lipinski definition) is 3. The fourth-order valence-electron chi connectivity index (χ4n) is 4.76. The van der Waals surface area contributed by atoms with Gasteiger partial charge in [-0.25, -0.2) is 4.79 Å². The first-order valence-corrected chi connectivity index (χ1v) is 12.4. The SMILES string of the molecule is CCN1C(=O)N[C@H](c2ccccc2C(F)(F)F)C2=C1CN([C@@H](CC(C)C)C(=O)NCCC(C)C)C2=O. The van der Waals surface area contributed by atoms with E-state index < -0.39 is 35.8 Å². The molecule has 2 aliphatic rings. The Morgan fingerprint density at radius 2 is 1.81 bits per heavy atom. The van der Waals surface area contributed by atoms with E-state index in [9.17, 15) is 27.6 Å². The number of nitrogens with one attached hydrogen (secondary N) is 2. The highest BCUT2D eigenvalue weighted by Gasteiger charge is 2.48. The molecular weight excluding hydrogens is 473 g/mol. The lowest BCUT2D eigenvalue weighted by Crippen LogP contribution is -2.49. The molecule has 2 heterocycles. The van der Waals surface area contributed by atoms with Crippen molar-refractivity contribution in [2.45, 2.75) is 65.7 Å². The summed E-state index contributed by atoms with van der Waals surface area (Å²) in [5, 5.41) is 5.51. The van der Waals surface area contributed by atoms with Crippen LogP contribution in [0, 0.1) is 11.8 Å². The van der Waals surface area contributed by atoms with Crippen LogP contribution in [0.3, 0.4) is 0 Å². The number of halogens is 3. The van der Waals surface area contributed by atoms with E-state index in [1.54, 1.807) is 6.92 Å². The van der Waals surface area contributed by atoms with E-state index in [2.05, 4.69) is 10.6 Å². The largest absolute Gasteiger partial charge is 0.416 e. The van der Waals surface area contributed by atoms with Gasteiger partial charge in [0.25, 0.3) is 5.91 Å². The Balaban J connectivity index is 2.02. The molecule has 3 rings (SSSR count). The zero-order chi connectivity index (χ0) is 26.8. The van der Waals surface area contributed by atoms with E-state index in [1.807, 2.05) is 27.7 Å². The molecule has 0 saturated heterocycles. The Morgan fingerprint density at radius 1 is 1.14 bits per heavy atom. The van der Waals surface area contributed by atoms with Crippen LogP contribution in [0.5, 0.6) is 0 Å². The number of carbonyl (C=O) groups excluding carboxylic acids is 3. The van der Waals surface area contributed by atoms with Crippen LogP contribution < -0.4 is 10.6 Å². The first-order valence-electron chi connectivity index (χ1n) is 12.4. The highest BCUT2D eigenvalue weighted by molar-refractivity contribution is 6.03. The van der Waals surface area contributed by atoms with E-state index in [1.165, 1.54) is 28.0 Å². The van der Waals surface area contributed by atoms with Crippen LogP contribution in [0.1, 0.15) is 64.6 Å². The van der Waals surface area contributed by atoms with Crippen LogP contribution in [0.15, 0.2) is 35.5 Å². The van der Waals surface area contributed by atoms with Crippen molar-refractivity contribution in [3.05, 3.63) is 46.7 Å². The number of alkyl halides is 3. The maximum Gasteiger partial charge on any atom is 0.416 e. The number of rotatable bonds is 9. The minimum absolute atomic E-state index is 0.0188. The molecule has 7 nitrogen and oxygen atoms in total. The Labute approximate surface area is 210 Å². The monoisotopic (exact) mass is 508 g/mol. The summed E-state index contributed by atoms with van der Waals surface area (Å²) in [6.45, 7) is 10.4. The Morgan fingerprint density at radius 3 is 2.39 bits per heavy atom. The molecule has 0 radical (unpaired) electrons. The van der Waals surface area contributed by atoms with Crippen LogP contribution in [0.4, 0.5) is 18.0 Å². The van der Waals surface area contributed by atoms with Crippen LogP contribution in [-0.4, -0.2) is 53.3 Å². The van der Waals surface area contributed by atoms with Crippen molar-refractivity contribution in [2.75, 3.05) is 19.6 Å². The van der Waals surface area contributed by atoms with Gasteiger partial charge >= 0.3 is 12.2 Å². The molecule has 0 bridgehead atoms. The summed E-state index contributed by atoms with van der Waals surface area (Å²) in [6, 6.07) is 2.29. The molecule has 198 valence electrons. The Hall–Kier alpha value is -3.04. The van der Waals surface area contributed by atoms with Gasteiger partial charge in [-0.1, -0.05) is 45.9 Å². The second kappa shape index (κ2) is 10.9. The molecule has 1 aromatic rings. The minimum Gasteiger partial charge on any atom is -0.354 e. The van der Waals surface area contributed by atoms with Gasteiger partial charge in [0.05, 0.1) is 29.4 Å². The molecule has 0 aromatic heterocycles. The van der Waals surface area contributed by atoms with E-state index in [-0.39, 0.29) is 36.1 Å². The van der Waals surface area contributed by atoms with Crippen molar-refractivity contribution < 1.29 is 27.6 Å². The fourth-order valence-corrected chi connectivity index (χ4v) is 4.76. The predicted molar refractivity (Wildman–Crippen MR) is 130 cm³/mol. The number of carbonyl (C=O) groups is 3. The number of hydrogen-bond donors (Lipinski definition) is 2. The molecular formula is C26H35F3N4O3. The lowest BCUT2D eigenvalue weighted by Gasteiger charge is -2.33. The number of likely N-dealkylation sites (N-methyl/N-ethyl adjacent to an activating group) is 1. The summed E-state index contributed by atoms with van der Waals surface area (Å²) < 4.78 is 41.5. The zero-order valence-electron chi connectivity index (χ0n) is 21.4. The average molecular weight is 509 g/mol. The lowest BCUT2D eigenvalue weighted by molar-refractivity contribution is -0.139. The van der Waals surface area contributed by atoms with E-state index in [0.717, 1.165) is 12.5 Å². The van der Waals surface area contributed by atoms with Crippen LogP contribution in [0.2, 0.25) is 0 Å². The highest BCUT2D eigenvalue weighted by Crippen LogP contribution is 2.42. The molecule has 0 aliphatic carbocycles. The number of amides is 4. The first kappa shape index (κ1) is 27.5. The van der Waals surface area contributed by atoms with Gasteiger partial charge in [0.1, 0.15) is 6.04 Å². The number of nitrogens with zero attached hydrogens (tertiary/aromatic N) is 2. The molecule has 0 unspecified atom stereocenters. The predicted octanol–water partition coefficient (Wildman–Crippen LogP) is 4.46. The summed E-state index contributed by atoms with van der Waals surface area (Å²) in [6.07, 6.45) is -3.50. The fraction of sp³-hybridized carbons (Fsp3) is 0.577. The van der Waals surface area contributed by atoms with Crippen molar-refractivity contribution in [3.8, 4) is 0 Å². The van der Waals surface area contributed by atoms with Gasteiger partial charge in [0.15, 0.2) is 0 Å². The second-order valence-electron chi connectivity index (χ2n) is 10.1. The van der Waals surface area contributed by atoms with Gasteiger partial charge in [-0.15, -0.1) is 0 Å². The molecule has 0 spiro atoms. The van der Waals surface area contributed by atoms with Gasteiger partial charge in [-0.05, 0) is 43.2 Å². The molecule has 2 aliphatic heterocycles. The summed E-state index contributed by atoms with van der Waals surface area (Å²) in [7, 11) is 0. The van der Waals surface area contributed by atoms with Crippen LogP contribution >= 0.6 is 0 Å². The average Bonchev–Trinajstić information content (AvgIpc) is 3.12. The second-order valence-corrected chi connectivity index (χ2v) is 10.1. The van der Waals surface area contributed by atoms with Crippen molar-refractivity contribution in [1.29, 1.82) is 0 Å². The molecule has 0 fully saturated rings. The number of benzene rings is 1. The first-order chi connectivity index (χ1) is 16.9. The minimum atomic E-state index is -4.66. The Bertz CT molecular complexity index is 1040. The maximum absolute atomic E-state index is 13.8. The van der Waals surface area contributed by atoms with Gasteiger partial charge < -0.3 is 15.5 Å². The smallest absolute Gasteiger partial charge is 0.354 e. The highest BCUT2D eigenvalue weighted by atomic mass is 19.4. The van der Waals surface area contributed by atoms with Gasteiger partial charge in [0, 0.05) is 13.1 Å². The van der Waals surface area contributed by atoms with E-state index in [0.29, 0.717) is 24.6 Å². The van der Waals surface area contributed by atoms with Crippen molar-refractivity contribution in [1.82, 2.24) is 20.4 Å². The topological polar surface area (TPSA) is 81.8 Å². The molecule has 4 amide bonds. The van der Waals surface area contributed by atoms with Crippen molar-refractivity contribution in [2.24, 2.45) is 11.8 Å². The number of urea groups is 1. The third-order valence-corrected chi connectivity index (χ3v) is 6.54. The third kappa shape index (κ3) is 5.68. The normalized spacial score (nSPS) is 19.2. The van der Waals surface area contributed by atoms with Crippen molar-refractivity contribution in [3.63, 3.8) is 0 Å². The van der Waals surface area contributed by atoms with Crippen LogP contribution in [-0.2, 0) is 15.8 Å². The molecule has 2 N–H and O–H groups in total. The Kier molecular flexibility index (Phi) is 8.36. The van der Waals surface area contributed by atoms with Gasteiger partial charge in [0.2, 0.25) is 5.91 Å². The summed E-state index contributed by atoms with van der Waals surface area (Å²) in [5.74, 6) is -0.358. The molecule has 36 heavy (non-hydrogen) atoms. The summed E-state index contributed by atoms with van der Waals surface area (Å²) in [5.41, 5.74) is -0.684. The summed E-state index contributed by atoms with van der Waals surface area (Å²) >= 11 is 0. The quantitative estimate of drug-likeness (QED) is 0.517. The van der Waals surface area contributed by atoms with E-state index >= 15 is 0 Å². The third-order valence-electron chi connectivity index (χ3n) is 6.54. The van der Waals surface area contributed by atoms with E-state index in [4.69, 9.17) is 0 Å². The lowest BCUT2D eigenvalue weighted by atomic mass is 9.91.